The Labute approximate surface area is 58.5 Å². The summed E-state index contributed by atoms with van der Waals surface area (Å²) in [6, 6.07) is 3.48. The third kappa shape index (κ3) is 1.42. The number of nitriles is 1. The Balaban J connectivity index is 2.81. The summed E-state index contributed by atoms with van der Waals surface area (Å²) in [7, 11) is 0. The van der Waals surface area contributed by atoms with Gasteiger partial charge < -0.3 is 0 Å². The van der Waals surface area contributed by atoms with E-state index < -0.39 is 0 Å². The summed E-state index contributed by atoms with van der Waals surface area (Å²) in [5, 5.41) is 17.9. The first-order valence-corrected chi connectivity index (χ1v) is 2.78. The van der Waals surface area contributed by atoms with Crippen molar-refractivity contribution in [2.75, 3.05) is 5.32 Å². The van der Waals surface area contributed by atoms with Crippen LogP contribution >= 0.6 is 0 Å². The lowest BCUT2D eigenvalue weighted by atomic mass is 10.4. The van der Waals surface area contributed by atoms with Crippen molar-refractivity contribution in [1.82, 2.24) is 10.2 Å². The van der Waals surface area contributed by atoms with E-state index in [1.165, 1.54) is 0 Å². The van der Waals surface area contributed by atoms with Crippen LogP contribution < -0.4 is 5.32 Å². The Hall–Kier alpha value is -1.63. The van der Waals surface area contributed by atoms with Crippen molar-refractivity contribution in [2.24, 2.45) is 0 Å². The monoisotopic (exact) mass is 134 g/mol. The topological polar surface area (TPSA) is 61.6 Å². The van der Waals surface area contributed by atoms with E-state index in [1.54, 1.807) is 18.3 Å². The maximum Gasteiger partial charge on any atom is 0.182 e. The van der Waals surface area contributed by atoms with Gasteiger partial charge >= 0.3 is 0 Å². The van der Waals surface area contributed by atoms with Crippen LogP contribution in [0.2, 0.25) is 0 Å². The number of aryl methyl sites for hydroxylation is 1. The van der Waals surface area contributed by atoms with Gasteiger partial charge in [-0.25, -0.2) is 0 Å². The lowest BCUT2D eigenvalue weighted by Gasteiger charge is -1.92. The number of anilines is 1. The van der Waals surface area contributed by atoms with E-state index in [2.05, 4.69) is 15.5 Å². The molecular weight excluding hydrogens is 128 g/mol. The number of hydrogen-bond acceptors (Lipinski definition) is 4. The largest absolute Gasteiger partial charge is 0.275 e. The average Bonchev–Trinajstić information content (AvgIpc) is 1.95. The van der Waals surface area contributed by atoms with Crippen LogP contribution in [0.1, 0.15) is 5.69 Å². The molecule has 0 radical (unpaired) electrons. The highest BCUT2D eigenvalue weighted by Crippen LogP contribution is 1.98. The third-order valence-electron chi connectivity index (χ3n) is 0.982. The summed E-state index contributed by atoms with van der Waals surface area (Å²) in [6.45, 7) is 1.84. The molecule has 4 nitrogen and oxygen atoms in total. The average molecular weight is 134 g/mol. The van der Waals surface area contributed by atoms with Crippen molar-refractivity contribution in [3.05, 3.63) is 17.8 Å². The van der Waals surface area contributed by atoms with E-state index in [1.807, 2.05) is 6.92 Å². The standard InChI is InChI=1S/C6H6N4/c1-5-2-3-6(8-4-7)10-9-5/h2-3H,1H3,(H,8,10). The van der Waals surface area contributed by atoms with Crippen molar-refractivity contribution >= 4 is 5.82 Å². The first kappa shape index (κ1) is 6.49. The molecule has 1 heterocycles. The van der Waals surface area contributed by atoms with Gasteiger partial charge in [0.2, 0.25) is 0 Å². The molecule has 0 saturated carbocycles. The van der Waals surface area contributed by atoms with Crippen LogP contribution in [0.3, 0.4) is 0 Å². The lowest BCUT2D eigenvalue weighted by molar-refractivity contribution is 0.986. The number of rotatable bonds is 1. The van der Waals surface area contributed by atoms with Gasteiger partial charge in [0.05, 0.1) is 5.69 Å². The predicted octanol–water partition coefficient (Wildman–Crippen LogP) is 0.678. The molecule has 50 valence electrons. The van der Waals surface area contributed by atoms with Crippen molar-refractivity contribution in [3.8, 4) is 6.19 Å². The Morgan fingerprint density at radius 3 is 2.80 bits per heavy atom. The third-order valence-corrected chi connectivity index (χ3v) is 0.982. The highest BCUT2D eigenvalue weighted by Gasteiger charge is 1.89. The van der Waals surface area contributed by atoms with Gasteiger partial charge in [-0.15, -0.1) is 5.10 Å². The molecule has 0 atom stereocenters. The summed E-state index contributed by atoms with van der Waals surface area (Å²) in [5.41, 5.74) is 0.837. The predicted molar refractivity (Wildman–Crippen MR) is 36.0 cm³/mol. The van der Waals surface area contributed by atoms with Crippen LogP contribution in [0.5, 0.6) is 0 Å². The highest BCUT2D eigenvalue weighted by atomic mass is 15.2. The number of nitrogens with zero attached hydrogens (tertiary/aromatic N) is 3. The van der Waals surface area contributed by atoms with E-state index in [-0.39, 0.29) is 0 Å². The van der Waals surface area contributed by atoms with Gasteiger partial charge in [-0.2, -0.15) is 10.4 Å². The minimum atomic E-state index is 0.480. The second-order valence-electron chi connectivity index (χ2n) is 1.80. The first-order valence-electron chi connectivity index (χ1n) is 2.78. The molecule has 0 aliphatic heterocycles. The van der Waals surface area contributed by atoms with Gasteiger partial charge in [0.25, 0.3) is 0 Å². The molecule has 1 rings (SSSR count). The summed E-state index contributed by atoms with van der Waals surface area (Å²) in [5.74, 6) is 0.480. The minimum Gasteiger partial charge on any atom is -0.275 e. The van der Waals surface area contributed by atoms with E-state index in [9.17, 15) is 0 Å². The van der Waals surface area contributed by atoms with Crippen LogP contribution in [-0.2, 0) is 0 Å². The SMILES string of the molecule is Cc1ccc(NC#N)nn1. The molecule has 0 aliphatic rings. The minimum absolute atomic E-state index is 0.480. The van der Waals surface area contributed by atoms with E-state index >= 15 is 0 Å². The molecule has 0 fully saturated rings. The van der Waals surface area contributed by atoms with Crippen LogP contribution in [0.4, 0.5) is 5.82 Å². The maximum absolute atomic E-state index is 8.16. The molecule has 4 heteroatoms. The molecule has 0 aromatic carbocycles. The maximum atomic E-state index is 8.16. The van der Waals surface area contributed by atoms with Gasteiger partial charge in [-0.3, -0.25) is 5.32 Å². The van der Waals surface area contributed by atoms with Gasteiger partial charge in [-0.05, 0) is 19.1 Å². The van der Waals surface area contributed by atoms with Gasteiger partial charge in [0.15, 0.2) is 12.0 Å². The van der Waals surface area contributed by atoms with E-state index in [0.717, 1.165) is 5.69 Å². The molecule has 1 N–H and O–H groups in total. The Morgan fingerprint density at radius 2 is 2.30 bits per heavy atom. The number of aromatic nitrogens is 2. The normalized spacial score (nSPS) is 8.40. The zero-order valence-corrected chi connectivity index (χ0v) is 5.50. The molecule has 10 heavy (non-hydrogen) atoms. The van der Waals surface area contributed by atoms with Crippen LogP contribution in [-0.4, -0.2) is 10.2 Å². The van der Waals surface area contributed by atoms with E-state index in [4.69, 9.17) is 5.26 Å². The quantitative estimate of drug-likeness (QED) is 0.453. The Morgan fingerprint density at radius 1 is 1.50 bits per heavy atom. The van der Waals surface area contributed by atoms with Gasteiger partial charge in [0.1, 0.15) is 0 Å². The Bertz CT molecular complexity index is 245. The molecule has 0 bridgehead atoms. The fourth-order valence-electron chi connectivity index (χ4n) is 0.523. The molecular formula is C6H6N4. The molecule has 0 saturated heterocycles. The second-order valence-corrected chi connectivity index (χ2v) is 1.80. The fraction of sp³-hybridized carbons (Fsp3) is 0.167. The molecule has 0 unspecified atom stereocenters. The van der Waals surface area contributed by atoms with Gasteiger partial charge in [-0.1, -0.05) is 0 Å². The van der Waals surface area contributed by atoms with Crippen molar-refractivity contribution in [2.45, 2.75) is 6.92 Å². The summed E-state index contributed by atoms with van der Waals surface area (Å²) >= 11 is 0. The second kappa shape index (κ2) is 2.78. The zero-order chi connectivity index (χ0) is 7.40. The fourth-order valence-corrected chi connectivity index (χ4v) is 0.523. The summed E-state index contributed by atoms with van der Waals surface area (Å²) in [4.78, 5) is 0. The lowest BCUT2D eigenvalue weighted by Crippen LogP contribution is -1.93. The van der Waals surface area contributed by atoms with Crippen LogP contribution in [0.25, 0.3) is 0 Å². The summed E-state index contributed by atoms with van der Waals surface area (Å²) in [6.07, 6.45) is 1.75. The molecule has 0 aliphatic carbocycles. The Kier molecular flexibility index (Phi) is 1.80. The van der Waals surface area contributed by atoms with Crippen molar-refractivity contribution in [1.29, 1.82) is 5.26 Å². The smallest absolute Gasteiger partial charge is 0.182 e. The van der Waals surface area contributed by atoms with E-state index in [0.29, 0.717) is 5.82 Å². The number of nitrogens with one attached hydrogen (secondary N) is 1. The molecule has 0 spiro atoms. The highest BCUT2D eigenvalue weighted by molar-refractivity contribution is 5.36. The van der Waals surface area contributed by atoms with Gasteiger partial charge in [0, 0.05) is 0 Å². The molecule has 1 aromatic heterocycles. The number of hydrogen-bond donors (Lipinski definition) is 1. The van der Waals surface area contributed by atoms with Crippen LogP contribution in [0, 0.1) is 18.4 Å². The van der Waals surface area contributed by atoms with Crippen LogP contribution in [0.15, 0.2) is 12.1 Å². The van der Waals surface area contributed by atoms with Crippen molar-refractivity contribution in [3.63, 3.8) is 0 Å². The first-order chi connectivity index (χ1) is 4.83. The zero-order valence-electron chi connectivity index (χ0n) is 5.50. The van der Waals surface area contributed by atoms with Crippen molar-refractivity contribution < 1.29 is 0 Å². The molecule has 1 aromatic rings. The molecule has 0 amide bonds. The summed E-state index contributed by atoms with van der Waals surface area (Å²) < 4.78 is 0.